The van der Waals surface area contributed by atoms with Gasteiger partial charge in [-0.1, -0.05) is 59.6 Å². The van der Waals surface area contributed by atoms with E-state index in [0.29, 0.717) is 28.6 Å². The van der Waals surface area contributed by atoms with E-state index in [9.17, 15) is 13.2 Å². The molecule has 9 heteroatoms. The van der Waals surface area contributed by atoms with Gasteiger partial charge in [0.2, 0.25) is 10.0 Å². The van der Waals surface area contributed by atoms with Gasteiger partial charge in [-0.2, -0.15) is 0 Å². The lowest BCUT2D eigenvalue weighted by atomic mass is 9.87. The average Bonchev–Trinajstić information content (AvgIpc) is 2.79. The van der Waals surface area contributed by atoms with Crippen LogP contribution in [0.5, 0.6) is 5.75 Å². The Morgan fingerprint density at radius 3 is 2.52 bits per heavy atom. The van der Waals surface area contributed by atoms with Crippen LogP contribution in [0.3, 0.4) is 0 Å². The van der Waals surface area contributed by atoms with Crippen LogP contribution >= 0.6 is 23.2 Å². The lowest BCUT2D eigenvalue weighted by Crippen LogP contribution is -2.31. The van der Waals surface area contributed by atoms with E-state index in [1.165, 1.54) is 12.1 Å². The molecule has 4 rings (SSSR count). The molecule has 0 spiro atoms. The largest absolute Gasteiger partial charge is 0.482 e. The maximum Gasteiger partial charge on any atom is 0.341 e. The lowest BCUT2D eigenvalue weighted by Gasteiger charge is -2.27. The minimum Gasteiger partial charge on any atom is -0.482 e. The molecule has 33 heavy (non-hydrogen) atoms. The van der Waals surface area contributed by atoms with Gasteiger partial charge in [0.05, 0.1) is 14.9 Å². The fraction of sp³-hybridized carbons (Fsp3) is 0.208. The number of hydrogen-bond donors (Lipinski definition) is 2. The predicted molar refractivity (Wildman–Crippen MR) is 127 cm³/mol. The Bertz CT molecular complexity index is 1290. The number of fused-ring (bicyclic) bond motifs is 1. The van der Waals surface area contributed by atoms with Crippen LogP contribution in [-0.4, -0.2) is 26.1 Å². The van der Waals surface area contributed by atoms with Crippen molar-refractivity contribution in [3.8, 4) is 16.9 Å². The maximum atomic E-state index is 13.1. The summed E-state index contributed by atoms with van der Waals surface area (Å²) in [6, 6.07) is 16.6. The molecule has 1 aliphatic rings. The summed E-state index contributed by atoms with van der Waals surface area (Å²) in [4.78, 5) is 11.0. The Balaban J connectivity index is 1.57. The summed E-state index contributed by atoms with van der Waals surface area (Å²) in [6.07, 6.45) is 2.07. The Morgan fingerprint density at radius 1 is 1.06 bits per heavy atom. The molecule has 6 nitrogen and oxygen atoms in total. The van der Waals surface area contributed by atoms with Crippen molar-refractivity contribution in [2.45, 2.75) is 30.2 Å². The van der Waals surface area contributed by atoms with Crippen molar-refractivity contribution >= 4 is 39.2 Å². The fourth-order valence-electron chi connectivity index (χ4n) is 4.01. The van der Waals surface area contributed by atoms with Crippen molar-refractivity contribution in [2.24, 2.45) is 0 Å². The molecule has 1 aliphatic carbocycles. The molecule has 3 aromatic carbocycles. The number of carbonyl (C=O) groups is 1. The minimum atomic E-state index is -3.80. The Kier molecular flexibility index (Phi) is 6.95. The summed E-state index contributed by atoms with van der Waals surface area (Å²) in [5.74, 6) is -0.593. The molecule has 172 valence electrons. The van der Waals surface area contributed by atoms with E-state index in [1.54, 1.807) is 36.4 Å². The van der Waals surface area contributed by atoms with Gasteiger partial charge in [0, 0.05) is 11.6 Å². The summed E-state index contributed by atoms with van der Waals surface area (Å²) in [5, 5.41) is 9.74. The molecule has 0 radical (unpaired) electrons. The normalized spacial score (nSPS) is 15.6. The van der Waals surface area contributed by atoms with Gasteiger partial charge in [-0.25, -0.2) is 17.9 Å². The molecular formula is C24H21Cl2NO5S. The van der Waals surface area contributed by atoms with E-state index in [-0.39, 0.29) is 4.90 Å². The quantitative estimate of drug-likeness (QED) is 0.443. The van der Waals surface area contributed by atoms with Crippen molar-refractivity contribution in [1.29, 1.82) is 0 Å². The minimum absolute atomic E-state index is 0.134. The summed E-state index contributed by atoms with van der Waals surface area (Å²) >= 11 is 12.4. The maximum absolute atomic E-state index is 13.1. The second-order valence-corrected chi connectivity index (χ2v) is 10.2. The van der Waals surface area contributed by atoms with Gasteiger partial charge in [0.15, 0.2) is 6.61 Å². The first-order valence-electron chi connectivity index (χ1n) is 10.3. The highest BCUT2D eigenvalue weighted by atomic mass is 35.5. The van der Waals surface area contributed by atoms with E-state index in [1.807, 2.05) is 12.1 Å². The number of carboxylic acids is 1. The summed E-state index contributed by atoms with van der Waals surface area (Å²) in [6.45, 7) is -0.449. The number of sulfonamides is 1. The van der Waals surface area contributed by atoms with Crippen molar-refractivity contribution in [3.63, 3.8) is 0 Å². The Hall–Kier alpha value is -2.58. The molecule has 1 atom stereocenters. The molecule has 0 aliphatic heterocycles. The molecule has 3 aromatic rings. The zero-order valence-electron chi connectivity index (χ0n) is 17.4. The van der Waals surface area contributed by atoms with Crippen LogP contribution in [-0.2, 0) is 21.2 Å². The molecule has 0 aromatic heterocycles. The van der Waals surface area contributed by atoms with Crippen LogP contribution < -0.4 is 9.46 Å². The predicted octanol–water partition coefficient (Wildman–Crippen LogP) is 5.48. The third-order valence-electron chi connectivity index (χ3n) is 5.54. The van der Waals surface area contributed by atoms with Crippen LogP contribution in [0.4, 0.5) is 0 Å². The highest BCUT2D eigenvalue weighted by Crippen LogP contribution is 2.37. The standard InChI is InChI=1S/C24H21Cl2NO5S/c25-20-7-1-4-17(24(20)26)15-10-12-16(13-11-15)33(30,31)27-21-8-2-6-19-18(21)5-3-9-22(19)32-14-23(28)29/h1,3-5,7,9-13,21,27H,2,6,8,14H2,(H,28,29). The summed E-state index contributed by atoms with van der Waals surface area (Å²) in [5.41, 5.74) is 3.11. The van der Waals surface area contributed by atoms with Gasteiger partial charge in [0.1, 0.15) is 5.75 Å². The van der Waals surface area contributed by atoms with Gasteiger partial charge in [-0.15, -0.1) is 0 Å². The number of nitrogens with one attached hydrogen (secondary N) is 1. The van der Waals surface area contributed by atoms with E-state index < -0.39 is 28.6 Å². The Labute approximate surface area is 202 Å². The number of benzene rings is 3. The van der Waals surface area contributed by atoms with E-state index >= 15 is 0 Å². The fourth-order valence-corrected chi connectivity index (χ4v) is 5.67. The molecule has 0 amide bonds. The molecule has 0 heterocycles. The van der Waals surface area contributed by atoms with Crippen LogP contribution in [0, 0.1) is 0 Å². The third-order valence-corrected chi connectivity index (χ3v) is 7.85. The molecule has 2 N–H and O–H groups in total. The van der Waals surface area contributed by atoms with Crippen LogP contribution in [0.2, 0.25) is 10.0 Å². The first-order chi connectivity index (χ1) is 15.8. The Morgan fingerprint density at radius 2 is 1.79 bits per heavy atom. The highest BCUT2D eigenvalue weighted by molar-refractivity contribution is 7.89. The first kappa shape index (κ1) is 23.6. The van der Waals surface area contributed by atoms with Gasteiger partial charge >= 0.3 is 5.97 Å². The number of aliphatic carboxylic acids is 1. The monoisotopic (exact) mass is 505 g/mol. The van der Waals surface area contributed by atoms with Gasteiger partial charge in [-0.3, -0.25) is 0 Å². The molecular weight excluding hydrogens is 485 g/mol. The number of rotatable bonds is 7. The second-order valence-electron chi connectivity index (χ2n) is 7.70. The number of hydrogen-bond acceptors (Lipinski definition) is 4. The highest BCUT2D eigenvalue weighted by Gasteiger charge is 2.27. The van der Waals surface area contributed by atoms with Gasteiger partial charge < -0.3 is 9.84 Å². The topological polar surface area (TPSA) is 92.7 Å². The van der Waals surface area contributed by atoms with E-state index in [2.05, 4.69) is 4.72 Å². The number of halogens is 2. The van der Waals surface area contributed by atoms with Crippen molar-refractivity contribution in [3.05, 3.63) is 81.8 Å². The second kappa shape index (κ2) is 9.73. The zero-order chi connectivity index (χ0) is 23.6. The van der Waals surface area contributed by atoms with Crippen molar-refractivity contribution in [2.75, 3.05) is 6.61 Å². The lowest BCUT2D eigenvalue weighted by molar-refractivity contribution is -0.139. The summed E-state index contributed by atoms with van der Waals surface area (Å²) in [7, 11) is -3.80. The molecule has 0 fully saturated rings. The van der Waals surface area contributed by atoms with Crippen molar-refractivity contribution in [1.82, 2.24) is 4.72 Å². The van der Waals surface area contributed by atoms with Crippen LogP contribution in [0.25, 0.3) is 11.1 Å². The number of ether oxygens (including phenoxy) is 1. The molecule has 0 saturated heterocycles. The third kappa shape index (κ3) is 5.17. The number of carboxylic acid groups (broad SMARTS) is 1. The SMILES string of the molecule is O=C(O)COc1cccc2c1CCCC2NS(=O)(=O)c1ccc(-c2cccc(Cl)c2Cl)cc1. The zero-order valence-corrected chi connectivity index (χ0v) is 19.8. The van der Waals surface area contributed by atoms with Crippen LogP contribution in [0.15, 0.2) is 65.6 Å². The molecule has 0 saturated carbocycles. The van der Waals surface area contributed by atoms with Crippen molar-refractivity contribution < 1.29 is 23.1 Å². The first-order valence-corrected chi connectivity index (χ1v) is 12.5. The van der Waals surface area contributed by atoms with Crippen LogP contribution in [0.1, 0.15) is 30.0 Å². The van der Waals surface area contributed by atoms with E-state index in [0.717, 1.165) is 28.7 Å². The molecule has 0 bridgehead atoms. The molecule has 1 unspecified atom stereocenters. The average molecular weight is 506 g/mol. The smallest absolute Gasteiger partial charge is 0.341 e. The van der Waals surface area contributed by atoms with Gasteiger partial charge in [-0.05, 0) is 60.2 Å². The van der Waals surface area contributed by atoms with Gasteiger partial charge in [0.25, 0.3) is 0 Å². The summed E-state index contributed by atoms with van der Waals surface area (Å²) < 4.78 is 34.4. The van der Waals surface area contributed by atoms with E-state index in [4.69, 9.17) is 33.0 Å².